The number of hydrogen-bond donors (Lipinski definition) is 0. The van der Waals surface area contributed by atoms with E-state index in [0.29, 0.717) is 11.6 Å². The molecule has 2 heterocycles. The maximum Gasteiger partial charge on any atom is 0.572 e. The van der Waals surface area contributed by atoms with Gasteiger partial charge in [0, 0.05) is 30.7 Å². The molecule has 0 spiro atoms. The van der Waals surface area contributed by atoms with Crippen LogP contribution in [0.1, 0.15) is 58.3 Å². The van der Waals surface area contributed by atoms with Gasteiger partial charge in [0.25, 0.3) is 0 Å². The molecule has 3 unspecified atom stereocenters. The van der Waals surface area contributed by atoms with E-state index in [-0.39, 0.29) is 24.2 Å². The van der Waals surface area contributed by atoms with Crippen molar-refractivity contribution in [2.24, 2.45) is 5.92 Å². The molecular weight excluding hydrogens is 477 g/mol. The number of rotatable bonds is 8. The van der Waals surface area contributed by atoms with Gasteiger partial charge in [0.1, 0.15) is 11.9 Å². The summed E-state index contributed by atoms with van der Waals surface area (Å²) < 4.78 is 48.5. The average Bonchev–Trinajstić information content (AvgIpc) is 3.10. The molecule has 0 bridgehead atoms. The lowest BCUT2D eigenvalue weighted by Gasteiger charge is -2.32. The molecular formula is C27H32ClF3N2O2. The van der Waals surface area contributed by atoms with Crippen molar-refractivity contribution >= 4 is 11.6 Å². The minimum atomic E-state index is -4.65. The molecule has 190 valence electrons. The molecule has 4 nitrogen and oxygen atoms in total. The van der Waals surface area contributed by atoms with Gasteiger partial charge in [0.15, 0.2) is 0 Å². The largest absolute Gasteiger partial charge is 0.572 e. The Kier molecular flexibility index (Phi) is 7.79. The standard InChI is InChI=1S/C27H32ClF3N2O2/c1-4-33(17-19-9-10-21(15-18(19)2)34-27(29,30)31)14-12-26(3)23-8-6-5-7-22(23)25(35-26)24-16-20(28)11-13-32-24/h7-11,13,16,18,25H,4-6,12,14-15,17H2,1-3H3. The van der Waals surface area contributed by atoms with E-state index in [1.165, 1.54) is 17.2 Å². The number of fused-ring (bicyclic) bond motifs is 1. The Bertz CT molecular complexity index is 1060. The van der Waals surface area contributed by atoms with Gasteiger partial charge in [-0.15, -0.1) is 13.2 Å². The van der Waals surface area contributed by atoms with Crippen LogP contribution in [0, 0.1) is 5.92 Å². The fraction of sp³-hybridized carbons (Fsp3) is 0.519. The van der Waals surface area contributed by atoms with Crippen LogP contribution in [-0.2, 0) is 9.47 Å². The predicted molar refractivity (Wildman–Crippen MR) is 131 cm³/mol. The molecule has 0 aromatic carbocycles. The molecule has 0 radical (unpaired) electrons. The SMILES string of the molecule is CCN(CCC1(C)OC(c2cc(Cl)ccn2)C2=CCCC=C21)CC1=CC=C(OC(F)(F)F)CC1C. The predicted octanol–water partition coefficient (Wildman–Crippen LogP) is 7.31. The zero-order chi connectivity index (χ0) is 25.2. The fourth-order valence-electron chi connectivity index (χ4n) is 5.11. The van der Waals surface area contributed by atoms with Crippen molar-refractivity contribution in [2.75, 3.05) is 19.6 Å². The van der Waals surface area contributed by atoms with Crippen LogP contribution in [0.2, 0.25) is 5.02 Å². The lowest BCUT2D eigenvalue weighted by Crippen LogP contribution is -2.35. The van der Waals surface area contributed by atoms with E-state index >= 15 is 0 Å². The second-order valence-electron chi connectivity index (χ2n) is 9.63. The maximum atomic E-state index is 12.6. The van der Waals surface area contributed by atoms with Crippen molar-refractivity contribution in [1.82, 2.24) is 9.88 Å². The van der Waals surface area contributed by atoms with Crippen LogP contribution in [0.25, 0.3) is 0 Å². The molecule has 35 heavy (non-hydrogen) atoms. The van der Waals surface area contributed by atoms with Crippen LogP contribution in [0.15, 0.2) is 65.1 Å². The van der Waals surface area contributed by atoms with Crippen LogP contribution in [0.4, 0.5) is 13.2 Å². The molecule has 1 fully saturated rings. The summed E-state index contributed by atoms with van der Waals surface area (Å²) in [6.07, 6.45) is 7.60. The Hall–Kier alpha value is -2.09. The first-order valence-corrected chi connectivity index (χ1v) is 12.5. The number of alkyl halides is 3. The van der Waals surface area contributed by atoms with Crippen LogP contribution in [0.5, 0.6) is 0 Å². The summed E-state index contributed by atoms with van der Waals surface area (Å²) in [6.45, 7) is 8.51. The van der Waals surface area contributed by atoms with E-state index in [1.54, 1.807) is 18.3 Å². The number of hydrogen-bond acceptors (Lipinski definition) is 4. The summed E-state index contributed by atoms with van der Waals surface area (Å²) in [7, 11) is 0. The van der Waals surface area contributed by atoms with Crippen LogP contribution in [-0.4, -0.2) is 41.5 Å². The minimum Gasteiger partial charge on any atom is -0.410 e. The van der Waals surface area contributed by atoms with Gasteiger partial charge in [-0.05, 0) is 68.0 Å². The zero-order valence-corrected chi connectivity index (χ0v) is 21.1. The molecule has 1 aromatic heterocycles. The molecule has 2 aliphatic carbocycles. The van der Waals surface area contributed by atoms with Gasteiger partial charge in [-0.3, -0.25) is 9.88 Å². The minimum absolute atomic E-state index is 0.0152. The van der Waals surface area contributed by atoms with E-state index in [0.717, 1.165) is 43.6 Å². The Labute approximate surface area is 210 Å². The Morgan fingerprint density at radius 1 is 1.26 bits per heavy atom. The number of likely N-dealkylation sites (N-methyl/N-ethyl adjacent to an activating group) is 1. The molecule has 0 saturated carbocycles. The fourth-order valence-corrected chi connectivity index (χ4v) is 5.27. The van der Waals surface area contributed by atoms with E-state index in [2.05, 4.69) is 40.6 Å². The first kappa shape index (κ1) is 26.0. The van der Waals surface area contributed by atoms with Gasteiger partial charge in [-0.2, -0.15) is 0 Å². The lowest BCUT2D eigenvalue weighted by molar-refractivity contribution is -0.306. The third-order valence-electron chi connectivity index (χ3n) is 7.06. The molecule has 8 heteroatoms. The first-order valence-electron chi connectivity index (χ1n) is 12.2. The van der Waals surface area contributed by atoms with Gasteiger partial charge in [-0.25, -0.2) is 0 Å². The van der Waals surface area contributed by atoms with Gasteiger partial charge < -0.3 is 9.47 Å². The van der Waals surface area contributed by atoms with Crippen LogP contribution >= 0.6 is 11.6 Å². The second-order valence-corrected chi connectivity index (χ2v) is 10.1. The van der Waals surface area contributed by atoms with Crippen molar-refractivity contribution in [2.45, 2.75) is 64.5 Å². The number of allylic oxidation sites excluding steroid dienone is 5. The van der Waals surface area contributed by atoms with Crippen molar-refractivity contribution < 1.29 is 22.6 Å². The monoisotopic (exact) mass is 508 g/mol. The normalized spacial score (nSPS) is 26.6. The molecule has 1 aliphatic heterocycles. The quantitative estimate of drug-likeness (QED) is 0.368. The molecule has 4 rings (SSSR count). The number of halogens is 4. The number of aromatic nitrogens is 1. The highest BCUT2D eigenvalue weighted by atomic mass is 35.5. The van der Waals surface area contributed by atoms with Crippen LogP contribution < -0.4 is 0 Å². The first-order chi connectivity index (χ1) is 16.6. The second kappa shape index (κ2) is 10.5. The number of ether oxygens (including phenoxy) is 2. The van der Waals surface area contributed by atoms with Gasteiger partial charge in [0.2, 0.25) is 0 Å². The van der Waals surface area contributed by atoms with Crippen molar-refractivity contribution in [3.8, 4) is 0 Å². The topological polar surface area (TPSA) is 34.6 Å². The average molecular weight is 509 g/mol. The Morgan fingerprint density at radius 3 is 2.71 bits per heavy atom. The Morgan fingerprint density at radius 2 is 2.03 bits per heavy atom. The van der Waals surface area contributed by atoms with E-state index in [9.17, 15) is 13.2 Å². The highest BCUT2D eigenvalue weighted by Gasteiger charge is 2.45. The smallest absolute Gasteiger partial charge is 0.410 e. The molecule has 3 aliphatic rings. The van der Waals surface area contributed by atoms with E-state index in [4.69, 9.17) is 16.3 Å². The molecule has 0 amide bonds. The highest BCUT2D eigenvalue weighted by molar-refractivity contribution is 6.30. The summed E-state index contributed by atoms with van der Waals surface area (Å²) in [5, 5.41) is 0.638. The summed E-state index contributed by atoms with van der Waals surface area (Å²) >= 11 is 6.23. The molecule has 0 N–H and O–H groups in total. The summed E-state index contributed by atoms with van der Waals surface area (Å²) in [4.78, 5) is 6.84. The molecule has 3 atom stereocenters. The summed E-state index contributed by atoms with van der Waals surface area (Å²) in [5.74, 6) is -0.0496. The lowest BCUT2D eigenvalue weighted by atomic mass is 9.84. The van der Waals surface area contributed by atoms with E-state index < -0.39 is 12.0 Å². The summed E-state index contributed by atoms with van der Waals surface area (Å²) in [6, 6.07) is 3.63. The number of pyridine rings is 1. The molecule has 1 saturated heterocycles. The third kappa shape index (κ3) is 6.19. The summed E-state index contributed by atoms with van der Waals surface area (Å²) in [5.41, 5.74) is 3.89. The Balaban J connectivity index is 1.45. The van der Waals surface area contributed by atoms with Crippen molar-refractivity contribution in [3.63, 3.8) is 0 Å². The van der Waals surface area contributed by atoms with Gasteiger partial charge in [-0.1, -0.05) is 49.2 Å². The van der Waals surface area contributed by atoms with Crippen molar-refractivity contribution in [3.05, 3.63) is 75.8 Å². The molecule has 1 aromatic rings. The van der Waals surface area contributed by atoms with Gasteiger partial charge in [0.05, 0.1) is 11.3 Å². The third-order valence-corrected chi connectivity index (χ3v) is 7.30. The highest BCUT2D eigenvalue weighted by Crippen LogP contribution is 2.50. The van der Waals surface area contributed by atoms with Gasteiger partial charge >= 0.3 is 6.36 Å². The maximum absolute atomic E-state index is 12.6. The zero-order valence-electron chi connectivity index (χ0n) is 20.4. The van der Waals surface area contributed by atoms with Crippen molar-refractivity contribution in [1.29, 1.82) is 0 Å². The van der Waals surface area contributed by atoms with Crippen LogP contribution in [0.3, 0.4) is 0 Å². The number of nitrogens with zero attached hydrogens (tertiary/aromatic N) is 2. The van der Waals surface area contributed by atoms with E-state index in [1.807, 2.05) is 13.0 Å².